The van der Waals surface area contributed by atoms with Gasteiger partial charge in [0.1, 0.15) is 5.56 Å². The lowest BCUT2D eigenvalue weighted by molar-refractivity contribution is 0.0654. The molecule has 0 N–H and O–H groups in total. The second-order valence-corrected chi connectivity index (χ2v) is 8.18. The summed E-state index contributed by atoms with van der Waals surface area (Å²) >= 11 is 0. The zero-order valence-electron chi connectivity index (χ0n) is 13.3. The maximum absolute atomic E-state index is 12.4. The Hall–Kier alpha value is -2.35. The molecule has 2 aromatic rings. The Kier molecular flexibility index (Phi) is 4.08. The van der Waals surface area contributed by atoms with Gasteiger partial charge in [0.05, 0.1) is 12.4 Å². The summed E-state index contributed by atoms with van der Waals surface area (Å²) in [5.41, 5.74) is -0.599. The third-order valence-electron chi connectivity index (χ3n) is 4.22. The van der Waals surface area contributed by atoms with E-state index >= 15 is 0 Å². The molecule has 1 aromatic heterocycles. The zero-order chi connectivity index (χ0) is 17.5. The van der Waals surface area contributed by atoms with Crippen molar-refractivity contribution in [2.24, 2.45) is 0 Å². The maximum atomic E-state index is 12.4. The van der Waals surface area contributed by atoms with Gasteiger partial charge in [-0.2, -0.15) is 0 Å². The first-order chi connectivity index (χ1) is 11.4. The molecule has 1 amide bonds. The van der Waals surface area contributed by atoms with E-state index in [1.54, 1.807) is 25.1 Å². The van der Waals surface area contributed by atoms with Crippen LogP contribution in [0.2, 0.25) is 0 Å². The highest BCUT2D eigenvalue weighted by Crippen LogP contribution is 2.25. The molecule has 3 rings (SSSR count). The first-order valence-electron chi connectivity index (χ1n) is 7.49. The highest BCUT2D eigenvalue weighted by molar-refractivity contribution is 7.92. The minimum Gasteiger partial charge on any atom is -0.493 e. The highest BCUT2D eigenvalue weighted by atomic mass is 32.2. The second kappa shape index (κ2) is 5.94. The number of carbonyl (C=O) groups is 1. The van der Waals surface area contributed by atoms with E-state index in [1.165, 1.54) is 18.1 Å². The summed E-state index contributed by atoms with van der Waals surface area (Å²) < 4.78 is 33.9. The van der Waals surface area contributed by atoms with Gasteiger partial charge in [0, 0.05) is 24.2 Å². The lowest BCUT2D eigenvalue weighted by atomic mass is 10.1. The number of likely N-dealkylation sites (tertiary alicyclic amines) is 1. The third kappa shape index (κ3) is 2.66. The molecule has 1 aromatic carbocycles. The molecule has 1 saturated heterocycles. The van der Waals surface area contributed by atoms with Gasteiger partial charge in [-0.05, 0) is 12.1 Å². The average molecular weight is 351 g/mol. The van der Waals surface area contributed by atoms with Gasteiger partial charge in [0.2, 0.25) is 0 Å². The number of ether oxygens (including phenoxy) is 1. The van der Waals surface area contributed by atoms with Gasteiger partial charge < -0.3 is 14.1 Å². The van der Waals surface area contributed by atoms with Gasteiger partial charge in [-0.15, -0.1) is 0 Å². The van der Waals surface area contributed by atoms with E-state index in [-0.39, 0.29) is 30.0 Å². The molecule has 7 nitrogen and oxygen atoms in total. The fourth-order valence-electron chi connectivity index (χ4n) is 2.66. The van der Waals surface area contributed by atoms with Crippen LogP contribution in [0, 0.1) is 0 Å². The molecule has 1 aliphatic rings. The fraction of sp³-hybridized carbons (Fsp3) is 0.375. The van der Waals surface area contributed by atoms with Crippen LogP contribution in [0.4, 0.5) is 0 Å². The van der Waals surface area contributed by atoms with E-state index in [4.69, 9.17) is 9.15 Å². The van der Waals surface area contributed by atoms with Crippen molar-refractivity contribution >= 4 is 26.7 Å². The van der Waals surface area contributed by atoms with Crippen LogP contribution in [0.25, 0.3) is 11.0 Å². The molecule has 24 heavy (non-hydrogen) atoms. The third-order valence-corrected chi connectivity index (χ3v) is 6.34. The van der Waals surface area contributed by atoms with E-state index in [0.29, 0.717) is 11.1 Å². The molecular weight excluding hydrogens is 334 g/mol. The van der Waals surface area contributed by atoms with Crippen molar-refractivity contribution in [1.82, 2.24) is 4.90 Å². The molecule has 0 spiro atoms. The van der Waals surface area contributed by atoms with Gasteiger partial charge in [-0.1, -0.05) is 19.1 Å². The SMILES string of the molecule is CCS(=O)(=O)C1CN(C(=O)c2cc3cccc(OC)c3oc2=O)C1. The lowest BCUT2D eigenvalue weighted by Gasteiger charge is -2.38. The van der Waals surface area contributed by atoms with Crippen molar-refractivity contribution in [3.63, 3.8) is 0 Å². The van der Waals surface area contributed by atoms with E-state index < -0.39 is 26.6 Å². The molecule has 0 saturated carbocycles. The van der Waals surface area contributed by atoms with E-state index in [0.717, 1.165) is 0 Å². The number of benzene rings is 1. The Morgan fingerprint density at radius 2 is 2.08 bits per heavy atom. The van der Waals surface area contributed by atoms with Crippen LogP contribution in [0.15, 0.2) is 33.5 Å². The van der Waals surface area contributed by atoms with Crippen LogP contribution in [-0.4, -0.2) is 50.4 Å². The predicted octanol–water partition coefficient (Wildman–Crippen LogP) is 1.06. The smallest absolute Gasteiger partial charge is 0.349 e. The average Bonchev–Trinajstić information content (AvgIpc) is 2.51. The second-order valence-electron chi connectivity index (χ2n) is 5.61. The minimum atomic E-state index is -3.18. The van der Waals surface area contributed by atoms with Crippen LogP contribution in [0.3, 0.4) is 0 Å². The summed E-state index contributed by atoms with van der Waals surface area (Å²) in [5, 5.41) is 0.00888. The molecule has 0 unspecified atom stereocenters. The molecule has 0 radical (unpaired) electrons. The van der Waals surface area contributed by atoms with Crippen molar-refractivity contribution in [3.05, 3.63) is 40.2 Å². The number of amides is 1. The lowest BCUT2D eigenvalue weighted by Crippen LogP contribution is -2.57. The topological polar surface area (TPSA) is 93.9 Å². The standard InChI is InChI=1S/C16H17NO6S/c1-3-24(20,21)11-8-17(9-11)15(18)12-7-10-5-4-6-13(22-2)14(10)23-16(12)19/h4-7,11H,3,8-9H2,1-2H3. The van der Waals surface area contributed by atoms with Crippen LogP contribution in [0.5, 0.6) is 5.75 Å². The number of nitrogens with zero attached hydrogens (tertiary/aromatic N) is 1. The van der Waals surface area contributed by atoms with Crippen molar-refractivity contribution < 1.29 is 22.4 Å². The van der Waals surface area contributed by atoms with Crippen LogP contribution >= 0.6 is 0 Å². The van der Waals surface area contributed by atoms with E-state index in [1.807, 2.05) is 0 Å². The summed E-state index contributed by atoms with van der Waals surface area (Å²) in [6.45, 7) is 1.78. The summed E-state index contributed by atoms with van der Waals surface area (Å²) in [7, 11) is -1.72. The van der Waals surface area contributed by atoms with Gasteiger partial charge in [-0.3, -0.25) is 4.79 Å². The number of methoxy groups -OCH3 is 1. The number of fused-ring (bicyclic) bond motifs is 1. The number of hydrogen-bond donors (Lipinski definition) is 0. The summed E-state index contributed by atoms with van der Waals surface area (Å²) in [5.74, 6) is -0.0740. The molecule has 8 heteroatoms. The highest BCUT2D eigenvalue weighted by Gasteiger charge is 2.39. The largest absolute Gasteiger partial charge is 0.493 e. The first-order valence-corrected chi connectivity index (χ1v) is 9.20. The van der Waals surface area contributed by atoms with Crippen molar-refractivity contribution in [1.29, 1.82) is 0 Å². The Labute approximate surface area is 138 Å². The van der Waals surface area contributed by atoms with Gasteiger partial charge >= 0.3 is 5.63 Å². The van der Waals surface area contributed by atoms with Crippen molar-refractivity contribution in [2.45, 2.75) is 12.2 Å². The number of sulfone groups is 1. The number of para-hydroxylation sites is 1. The van der Waals surface area contributed by atoms with Crippen LogP contribution in [-0.2, 0) is 9.84 Å². The minimum absolute atomic E-state index is 0.0393. The summed E-state index contributed by atoms with van der Waals surface area (Å²) in [6.07, 6.45) is 0. The first kappa shape index (κ1) is 16.5. The van der Waals surface area contributed by atoms with Crippen LogP contribution < -0.4 is 10.4 Å². The Balaban J connectivity index is 1.90. The Morgan fingerprint density at radius 1 is 1.38 bits per heavy atom. The normalized spacial score (nSPS) is 15.3. The molecule has 128 valence electrons. The quantitative estimate of drug-likeness (QED) is 0.765. The van der Waals surface area contributed by atoms with E-state index in [2.05, 4.69) is 0 Å². The maximum Gasteiger partial charge on any atom is 0.349 e. The molecule has 0 atom stereocenters. The molecule has 1 fully saturated rings. The summed E-state index contributed by atoms with van der Waals surface area (Å²) in [6, 6.07) is 6.54. The predicted molar refractivity (Wildman–Crippen MR) is 88.2 cm³/mol. The molecule has 1 aliphatic heterocycles. The van der Waals surface area contributed by atoms with Crippen molar-refractivity contribution in [2.75, 3.05) is 26.0 Å². The molecule has 2 heterocycles. The van der Waals surface area contributed by atoms with Crippen LogP contribution in [0.1, 0.15) is 17.3 Å². The fourth-order valence-corrected chi connectivity index (χ4v) is 3.95. The van der Waals surface area contributed by atoms with Gasteiger partial charge in [0.15, 0.2) is 21.2 Å². The Morgan fingerprint density at radius 3 is 2.71 bits per heavy atom. The number of carbonyl (C=O) groups excluding carboxylic acids is 1. The van der Waals surface area contributed by atoms with E-state index in [9.17, 15) is 18.0 Å². The molecule has 0 aliphatic carbocycles. The molecular formula is C16H17NO6S. The number of rotatable bonds is 4. The van der Waals surface area contributed by atoms with Crippen molar-refractivity contribution in [3.8, 4) is 5.75 Å². The monoisotopic (exact) mass is 351 g/mol. The molecule has 0 bridgehead atoms. The summed E-state index contributed by atoms with van der Waals surface area (Å²) in [4.78, 5) is 25.9. The van der Waals surface area contributed by atoms with Gasteiger partial charge in [-0.25, -0.2) is 13.2 Å². The number of hydrogen-bond acceptors (Lipinski definition) is 6. The zero-order valence-corrected chi connectivity index (χ0v) is 14.1. The van der Waals surface area contributed by atoms with Gasteiger partial charge in [0.25, 0.3) is 5.91 Å². The Bertz CT molecular complexity index is 956.